The van der Waals surface area contributed by atoms with Gasteiger partial charge in [-0.15, -0.1) is 11.8 Å². The van der Waals surface area contributed by atoms with Crippen LogP contribution in [0.3, 0.4) is 0 Å². The van der Waals surface area contributed by atoms with E-state index in [1.165, 1.54) is 0 Å². The van der Waals surface area contributed by atoms with Crippen molar-refractivity contribution in [2.24, 2.45) is 0 Å². The molecule has 1 saturated heterocycles. The van der Waals surface area contributed by atoms with Crippen molar-refractivity contribution < 1.29 is 9.53 Å². The normalized spacial score (nSPS) is 15.5. The largest absolute Gasteiger partial charge is 0.379 e. The molecule has 2 aromatic carbocycles. The summed E-state index contributed by atoms with van der Waals surface area (Å²) >= 11 is 1.61. The zero-order valence-corrected chi connectivity index (χ0v) is 14.1. The zero-order valence-electron chi connectivity index (χ0n) is 13.3. The van der Waals surface area contributed by atoms with Gasteiger partial charge < -0.3 is 4.74 Å². The standard InChI is InChI=1S/C19H21NO2S/c1-23-18-9-5-4-8-17(18)19(21)16-7-3-2-6-15(16)14-20-10-12-22-13-11-20/h2-9H,10-14H2,1H3. The van der Waals surface area contributed by atoms with Crippen LogP contribution in [0, 0.1) is 0 Å². The predicted octanol–water partition coefficient (Wildman–Crippen LogP) is 3.47. The van der Waals surface area contributed by atoms with Crippen LogP contribution in [0.1, 0.15) is 21.5 Å². The van der Waals surface area contributed by atoms with E-state index in [2.05, 4.69) is 11.0 Å². The number of ether oxygens (including phenoxy) is 1. The molecule has 0 spiro atoms. The lowest BCUT2D eigenvalue weighted by atomic mass is 9.98. The van der Waals surface area contributed by atoms with Crippen LogP contribution in [0.5, 0.6) is 0 Å². The third-order valence-corrected chi connectivity index (χ3v) is 4.91. The smallest absolute Gasteiger partial charge is 0.194 e. The summed E-state index contributed by atoms with van der Waals surface area (Å²) in [5, 5.41) is 0. The molecule has 0 radical (unpaired) electrons. The van der Waals surface area contributed by atoms with E-state index in [0.29, 0.717) is 0 Å². The van der Waals surface area contributed by atoms with Gasteiger partial charge in [0, 0.05) is 35.7 Å². The molecule has 0 unspecified atom stereocenters. The van der Waals surface area contributed by atoms with Gasteiger partial charge in [0.05, 0.1) is 13.2 Å². The molecule has 3 rings (SSSR count). The first-order chi connectivity index (χ1) is 11.3. The van der Waals surface area contributed by atoms with Crippen LogP contribution in [-0.2, 0) is 11.3 Å². The average Bonchev–Trinajstić information content (AvgIpc) is 2.62. The van der Waals surface area contributed by atoms with Gasteiger partial charge in [-0.1, -0.05) is 36.4 Å². The molecule has 2 aromatic rings. The van der Waals surface area contributed by atoms with E-state index in [1.807, 2.05) is 48.7 Å². The van der Waals surface area contributed by atoms with Crippen LogP contribution < -0.4 is 0 Å². The molecule has 3 nitrogen and oxygen atoms in total. The molecule has 0 aromatic heterocycles. The molecule has 1 aliphatic heterocycles. The summed E-state index contributed by atoms with van der Waals surface area (Å²) in [4.78, 5) is 16.4. The van der Waals surface area contributed by atoms with Crippen molar-refractivity contribution in [1.82, 2.24) is 4.90 Å². The topological polar surface area (TPSA) is 29.5 Å². The van der Waals surface area contributed by atoms with E-state index in [0.717, 1.165) is 54.4 Å². The number of ketones is 1. The molecule has 0 atom stereocenters. The van der Waals surface area contributed by atoms with Crippen molar-refractivity contribution in [2.45, 2.75) is 11.4 Å². The highest BCUT2D eigenvalue weighted by molar-refractivity contribution is 7.98. The second-order valence-corrected chi connectivity index (χ2v) is 6.42. The van der Waals surface area contributed by atoms with Gasteiger partial charge in [-0.3, -0.25) is 9.69 Å². The Balaban J connectivity index is 1.88. The highest BCUT2D eigenvalue weighted by Crippen LogP contribution is 2.24. The van der Waals surface area contributed by atoms with E-state index in [-0.39, 0.29) is 5.78 Å². The Hall–Kier alpha value is -1.62. The first-order valence-electron chi connectivity index (χ1n) is 7.85. The Morgan fingerprint density at radius 3 is 2.43 bits per heavy atom. The van der Waals surface area contributed by atoms with Crippen molar-refractivity contribution in [3.8, 4) is 0 Å². The van der Waals surface area contributed by atoms with Crippen LogP contribution in [0.2, 0.25) is 0 Å². The first kappa shape index (κ1) is 16.2. The summed E-state index contributed by atoms with van der Waals surface area (Å²) < 4.78 is 5.40. The molecular weight excluding hydrogens is 306 g/mol. The predicted molar refractivity (Wildman–Crippen MR) is 94.2 cm³/mol. The Labute approximate surface area is 141 Å². The maximum absolute atomic E-state index is 13.0. The third-order valence-electron chi connectivity index (χ3n) is 4.11. The van der Waals surface area contributed by atoms with Gasteiger partial charge in [0.1, 0.15) is 0 Å². The van der Waals surface area contributed by atoms with Crippen molar-refractivity contribution in [1.29, 1.82) is 0 Å². The number of nitrogens with zero attached hydrogens (tertiary/aromatic N) is 1. The molecule has 120 valence electrons. The number of hydrogen-bond donors (Lipinski definition) is 0. The van der Waals surface area contributed by atoms with Gasteiger partial charge in [-0.25, -0.2) is 0 Å². The molecule has 0 N–H and O–H groups in total. The summed E-state index contributed by atoms with van der Waals surface area (Å²) in [5.41, 5.74) is 2.69. The lowest BCUT2D eigenvalue weighted by molar-refractivity contribution is 0.0341. The Kier molecular flexibility index (Phi) is 5.49. The minimum atomic E-state index is 0.110. The number of carbonyl (C=O) groups excluding carboxylic acids is 1. The highest BCUT2D eigenvalue weighted by atomic mass is 32.2. The minimum absolute atomic E-state index is 0.110. The summed E-state index contributed by atoms with van der Waals surface area (Å²) in [6, 6.07) is 15.8. The Morgan fingerprint density at radius 1 is 1.04 bits per heavy atom. The van der Waals surface area contributed by atoms with Crippen LogP contribution in [-0.4, -0.2) is 43.2 Å². The van der Waals surface area contributed by atoms with E-state index < -0.39 is 0 Å². The highest BCUT2D eigenvalue weighted by Gasteiger charge is 2.18. The lowest BCUT2D eigenvalue weighted by Gasteiger charge is -2.27. The second kappa shape index (κ2) is 7.77. The van der Waals surface area contributed by atoms with E-state index in [1.54, 1.807) is 11.8 Å². The van der Waals surface area contributed by atoms with Gasteiger partial charge >= 0.3 is 0 Å². The van der Waals surface area contributed by atoms with Gasteiger partial charge in [0.15, 0.2) is 5.78 Å². The Bertz CT molecular complexity index is 681. The Morgan fingerprint density at radius 2 is 1.70 bits per heavy atom. The summed E-state index contributed by atoms with van der Waals surface area (Å²) in [6.45, 7) is 4.18. The van der Waals surface area contributed by atoms with Crippen molar-refractivity contribution in [3.05, 3.63) is 65.2 Å². The number of thioether (sulfide) groups is 1. The van der Waals surface area contributed by atoms with Crippen molar-refractivity contribution >= 4 is 17.5 Å². The fraction of sp³-hybridized carbons (Fsp3) is 0.316. The van der Waals surface area contributed by atoms with Gasteiger partial charge in [0.2, 0.25) is 0 Å². The average molecular weight is 327 g/mol. The summed E-state index contributed by atoms with van der Waals surface area (Å²) in [6.07, 6.45) is 2.01. The second-order valence-electron chi connectivity index (χ2n) is 5.58. The molecule has 0 amide bonds. The number of morpholine rings is 1. The van der Waals surface area contributed by atoms with Crippen molar-refractivity contribution in [2.75, 3.05) is 32.6 Å². The summed E-state index contributed by atoms with van der Waals surface area (Å²) in [5.74, 6) is 0.110. The van der Waals surface area contributed by atoms with Crippen LogP contribution >= 0.6 is 11.8 Å². The maximum atomic E-state index is 13.0. The van der Waals surface area contributed by atoms with E-state index in [4.69, 9.17) is 4.74 Å². The van der Waals surface area contributed by atoms with Crippen LogP contribution in [0.15, 0.2) is 53.4 Å². The number of carbonyl (C=O) groups is 1. The van der Waals surface area contributed by atoms with Gasteiger partial charge in [0.25, 0.3) is 0 Å². The molecule has 1 heterocycles. The molecule has 0 bridgehead atoms. The third kappa shape index (κ3) is 3.83. The molecule has 4 heteroatoms. The summed E-state index contributed by atoms with van der Waals surface area (Å²) in [7, 11) is 0. The monoisotopic (exact) mass is 327 g/mol. The van der Waals surface area contributed by atoms with Gasteiger partial charge in [-0.05, 0) is 24.0 Å². The quantitative estimate of drug-likeness (QED) is 0.621. The van der Waals surface area contributed by atoms with Crippen molar-refractivity contribution in [3.63, 3.8) is 0 Å². The fourth-order valence-corrected chi connectivity index (χ4v) is 3.45. The van der Waals surface area contributed by atoms with E-state index in [9.17, 15) is 4.79 Å². The van der Waals surface area contributed by atoms with Gasteiger partial charge in [-0.2, -0.15) is 0 Å². The molecule has 1 aliphatic rings. The number of hydrogen-bond acceptors (Lipinski definition) is 4. The first-order valence-corrected chi connectivity index (χ1v) is 9.08. The van der Waals surface area contributed by atoms with Crippen LogP contribution in [0.4, 0.5) is 0 Å². The van der Waals surface area contributed by atoms with Crippen LogP contribution in [0.25, 0.3) is 0 Å². The SMILES string of the molecule is CSc1ccccc1C(=O)c1ccccc1CN1CCOCC1. The zero-order chi connectivity index (χ0) is 16.1. The molecule has 23 heavy (non-hydrogen) atoms. The lowest BCUT2D eigenvalue weighted by Crippen LogP contribution is -2.36. The number of rotatable bonds is 5. The fourth-order valence-electron chi connectivity index (χ4n) is 2.86. The molecule has 1 fully saturated rings. The molecule has 0 aliphatic carbocycles. The molecular formula is C19H21NO2S. The minimum Gasteiger partial charge on any atom is -0.379 e. The molecule has 0 saturated carbocycles. The number of benzene rings is 2. The van der Waals surface area contributed by atoms with E-state index >= 15 is 0 Å². The maximum Gasteiger partial charge on any atom is 0.194 e.